The molecule has 144 valence electrons. The van der Waals surface area contributed by atoms with E-state index >= 15 is 0 Å². The van der Waals surface area contributed by atoms with Gasteiger partial charge >= 0.3 is 5.97 Å². The van der Waals surface area contributed by atoms with E-state index in [-0.39, 0.29) is 19.4 Å². The van der Waals surface area contributed by atoms with Crippen LogP contribution < -0.4 is 5.32 Å². The molecule has 0 saturated carbocycles. The van der Waals surface area contributed by atoms with Crippen LogP contribution in [0, 0.1) is 5.92 Å². The van der Waals surface area contributed by atoms with Gasteiger partial charge in [-0.3, -0.25) is 4.79 Å². The number of nitrogens with zero attached hydrogens (tertiary/aromatic N) is 1. The number of aliphatic hydroxyl groups is 2. The van der Waals surface area contributed by atoms with E-state index in [0.29, 0.717) is 6.29 Å². The van der Waals surface area contributed by atoms with Gasteiger partial charge in [0.2, 0.25) is 5.91 Å². The minimum Gasteiger partial charge on any atom is -0.479 e. The third kappa shape index (κ3) is 5.19. The van der Waals surface area contributed by atoms with Gasteiger partial charge in [0.05, 0.1) is 25.2 Å². The van der Waals surface area contributed by atoms with Crippen molar-refractivity contribution in [3.05, 3.63) is 0 Å². The molecule has 0 aromatic rings. The van der Waals surface area contributed by atoms with Gasteiger partial charge in [-0.1, -0.05) is 13.8 Å². The summed E-state index contributed by atoms with van der Waals surface area (Å²) >= 11 is 0. The van der Waals surface area contributed by atoms with Crippen LogP contribution in [0.4, 0.5) is 0 Å². The van der Waals surface area contributed by atoms with E-state index in [1.165, 1.54) is 0 Å². The average Bonchev–Trinajstić information content (AvgIpc) is 2.67. The van der Waals surface area contributed by atoms with E-state index in [0.717, 1.165) is 5.06 Å². The lowest BCUT2D eigenvalue weighted by molar-refractivity contribution is -0.197. The Morgan fingerprint density at radius 1 is 1.44 bits per heavy atom. The van der Waals surface area contributed by atoms with Crippen LogP contribution in [0.2, 0.25) is 0 Å². The maximum atomic E-state index is 11.8. The maximum Gasteiger partial charge on any atom is 0.336 e. The molecule has 0 aromatic carbocycles. The molecule has 1 amide bonds. The molecule has 0 spiro atoms. The molecule has 25 heavy (non-hydrogen) atoms. The molecular weight excluding hydrogens is 336 g/mol. The van der Waals surface area contributed by atoms with Crippen molar-refractivity contribution in [2.24, 2.45) is 5.92 Å². The SMILES string of the molecule is CC(C)[C@]1(C(=O)O)CCN(O)[C@H](NC(=O)CC=O)C(C[C@H](O)CO)O1. The van der Waals surface area contributed by atoms with Gasteiger partial charge in [-0.2, -0.15) is 5.06 Å². The number of carbonyl (C=O) groups is 3. The molecule has 0 aliphatic carbocycles. The van der Waals surface area contributed by atoms with Gasteiger partial charge in [0.1, 0.15) is 12.5 Å². The fourth-order valence-electron chi connectivity index (χ4n) is 2.82. The normalized spacial score (nSPS) is 29.0. The Morgan fingerprint density at radius 3 is 2.56 bits per heavy atom. The lowest BCUT2D eigenvalue weighted by Gasteiger charge is -2.37. The summed E-state index contributed by atoms with van der Waals surface area (Å²) in [5.41, 5.74) is -1.63. The highest BCUT2D eigenvalue weighted by Crippen LogP contribution is 2.33. The number of aldehydes is 1. The van der Waals surface area contributed by atoms with E-state index < -0.39 is 54.8 Å². The molecule has 1 aliphatic rings. The molecule has 1 unspecified atom stereocenters. The Labute approximate surface area is 145 Å². The second kappa shape index (κ2) is 9.20. The molecule has 1 saturated heterocycles. The zero-order chi connectivity index (χ0) is 19.2. The van der Waals surface area contributed by atoms with Crippen molar-refractivity contribution >= 4 is 18.2 Å². The molecule has 5 N–H and O–H groups in total. The highest BCUT2D eigenvalue weighted by atomic mass is 16.6. The summed E-state index contributed by atoms with van der Waals surface area (Å²) < 4.78 is 5.78. The smallest absolute Gasteiger partial charge is 0.336 e. The summed E-state index contributed by atoms with van der Waals surface area (Å²) in [6.45, 7) is 2.60. The summed E-state index contributed by atoms with van der Waals surface area (Å²) in [4.78, 5) is 34.0. The number of hydrogen-bond acceptors (Lipinski definition) is 8. The molecule has 1 fully saturated rings. The van der Waals surface area contributed by atoms with Gasteiger partial charge in [0.25, 0.3) is 0 Å². The number of carbonyl (C=O) groups excluding carboxylic acids is 2. The predicted octanol–water partition coefficient (Wildman–Crippen LogP) is -1.28. The predicted molar refractivity (Wildman–Crippen MR) is 83.5 cm³/mol. The number of hydrogen-bond donors (Lipinski definition) is 5. The van der Waals surface area contributed by atoms with Crippen LogP contribution in [0.5, 0.6) is 0 Å². The molecule has 10 heteroatoms. The highest BCUT2D eigenvalue weighted by molar-refractivity contribution is 5.88. The molecule has 1 aliphatic heterocycles. The molecule has 10 nitrogen and oxygen atoms in total. The maximum absolute atomic E-state index is 11.8. The van der Waals surface area contributed by atoms with Crippen molar-refractivity contribution in [1.29, 1.82) is 0 Å². The number of carboxylic acids is 1. The number of aliphatic hydroxyl groups excluding tert-OH is 2. The number of nitrogens with one attached hydrogen (secondary N) is 1. The zero-order valence-corrected chi connectivity index (χ0v) is 14.3. The van der Waals surface area contributed by atoms with Gasteiger partial charge in [-0.25, -0.2) is 4.79 Å². The summed E-state index contributed by atoms with van der Waals surface area (Å²) in [5, 5.41) is 41.8. The summed E-state index contributed by atoms with van der Waals surface area (Å²) in [5.74, 6) is -2.37. The molecule has 4 atom stereocenters. The van der Waals surface area contributed by atoms with Crippen molar-refractivity contribution in [2.75, 3.05) is 13.2 Å². The lowest BCUT2D eigenvalue weighted by atomic mass is 9.86. The molecule has 0 radical (unpaired) electrons. The Bertz CT molecular complexity index is 486. The van der Waals surface area contributed by atoms with Crippen LogP contribution >= 0.6 is 0 Å². The van der Waals surface area contributed by atoms with Crippen molar-refractivity contribution in [1.82, 2.24) is 10.4 Å². The second-order valence-corrected chi connectivity index (χ2v) is 6.37. The van der Waals surface area contributed by atoms with E-state index in [1.807, 2.05) is 0 Å². The number of carboxylic acid groups (broad SMARTS) is 1. The lowest BCUT2D eigenvalue weighted by Crippen LogP contribution is -2.56. The van der Waals surface area contributed by atoms with Crippen LogP contribution in [0.1, 0.15) is 33.1 Å². The van der Waals surface area contributed by atoms with Crippen molar-refractivity contribution in [3.8, 4) is 0 Å². The molecule has 1 rings (SSSR count). The minimum absolute atomic E-state index is 0.0533. The average molecular weight is 362 g/mol. The number of aliphatic carboxylic acids is 1. The molecule has 0 bridgehead atoms. The van der Waals surface area contributed by atoms with Gasteiger partial charge in [0.15, 0.2) is 5.60 Å². The van der Waals surface area contributed by atoms with Crippen LogP contribution in [0.3, 0.4) is 0 Å². The standard InChI is InChI=1S/C15H26N2O8/c1-9(2)15(14(22)23)4-5-17(24)13(16-12(21)3-6-18)11(25-15)7-10(20)8-19/h6,9-11,13,19-20,24H,3-5,7-8H2,1-2H3,(H,16,21)(H,22,23)/t10-,11?,13-,15-/m0/s1. The van der Waals surface area contributed by atoms with Gasteiger partial charge in [-0.15, -0.1) is 0 Å². The Morgan fingerprint density at radius 2 is 2.08 bits per heavy atom. The molecule has 0 aromatic heterocycles. The van der Waals surface area contributed by atoms with Crippen LogP contribution in [-0.2, 0) is 19.1 Å². The van der Waals surface area contributed by atoms with Crippen LogP contribution in [0.15, 0.2) is 0 Å². The number of rotatable bonds is 8. The largest absolute Gasteiger partial charge is 0.479 e. The topological polar surface area (TPSA) is 157 Å². The monoisotopic (exact) mass is 362 g/mol. The molecular formula is C15H26N2O8. The third-order valence-corrected chi connectivity index (χ3v) is 4.33. The van der Waals surface area contributed by atoms with Crippen LogP contribution in [-0.4, -0.2) is 80.9 Å². The van der Waals surface area contributed by atoms with Gasteiger partial charge in [-0.05, 0) is 5.92 Å². The fraction of sp³-hybridized carbons (Fsp3) is 0.800. The second-order valence-electron chi connectivity index (χ2n) is 6.37. The fourth-order valence-corrected chi connectivity index (χ4v) is 2.82. The summed E-state index contributed by atoms with van der Waals surface area (Å²) in [6.07, 6.45) is -3.85. The van der Waals surface area contributed by atoms with Gasteiger partial charge in [0, 0.05) is 19.4 Å². The summed E-state index contributed by atoms with van der Waals surface area (Å²) in [7, 11) is 0. The summed E-state index contributed by atoms with van der Waals surface area (Å²) in [6, 6.07) is 0. The number of amides is 1. The Balaban J connectivity index is 3.18. The Hall–Kier alpha value is -1.59. The van der Waals surface area contributed by atoms with E-state index in [9.17, 15) is 29.8 Å². The first-order valence-electron chi connectivity index (χ1n) is 8.06. The first-order valence-corrected chi connectivity index (χ1v) is 8.06. The first-order chi connectivity index (χ1) is 11.7. The van der Waals surface area contributed by atoms with Crippen LogP contribution in [0.25, 0.3) is 0 Å². The van der Waals surface area contributed by atoms with Crippen molar-refractivity contribution < 1.29 is 39.6 Å². The van der Waals surface area contributed by atoms with E-state index in [4.69, 9.17) is 9.84 Å². The first kappa shape index (κ1) is 21.5. The van der Waals surface area contributed by atoms with Crippen molar-refractivity contribution in [3.63, 3.8) is 0 Å². The highest BCUT2D eigenvalue weighted by Gasteiger charge is 2.50. The number of hydroxylamine groups is 2. The zero-order valence-electron chi connectivity index (χ0n) is 14.3. The van der Waals surface area contributed by atoms with E-state index in [1.54, 1.807) is 13.8 Å². The van der Waals surface area contributed by atoms with Crippen molar-refractivity contribution in [2.45, 2.75) is 57.1 Å². The number of ether oxygens (including phenoxy) is 1. The van der Waals surface area contributed by atoms with Gasteiger partial charge < -0.3 is 35.4 Å². The minimum atomic E-state index is -1.63. The quantitative estimate of drug-likeness (QED) is 0.262. The Kier molecular flexibility index (Phi) is 7.90. The molecule has 1 heterocycles. The third-order valence-electron chi connectivity index (χ3n) is 4.33. The van der Waals surface area contributed by atoms with E-state index in [2.05, 4.69) is 5.32 Å².